The van der Waals surface area contributed by atoms with Gasteiger partial charge in [0.25, 0.3) is 0 Å². The first-order chi connectivity index (χ1) is 21.7. The molecule has 14 heteroatoms. The van der Waals surface area contributed by atoms with Crippen LogP contribution >= 0.6 is 39.1 Å². The highest BCUT2D eigenvalue weighted by Crippen LogP contribution is 2.44. The highest BCUT2D eigenvalue weighted by Gasteiger charge is 2.42. The lowest BCUT2D eigenvalue weighted by Crippen LogP contribution is -2.43. The van der Waals surface area contributed by atoms with Crippen molar-refractivity contribution in [3.8, 4) is 23.5 Å². The lowest BCUT2D eigenvalue weighted by atomic mass is 9.82. The second-order valence-corrected chi connectivity index (χ2v) is 12.8. The van der Waals surface area contributed by atoms with Crippen molar-refractivity contribution in [2.24, 2.45) is 31.8 Å². The van der Waals surface area contributed by atoms with E-state index in [4.69, 9.17) is 32.7 Å². The highest BCUT2D eigenvalue weighted by atomic mass is 79.9. The molecule has 3 atom stereocenters. The zero-order chi connectivity index (χ0) is 31.5. The van der Waals surface area contributed by atoms with Crippen molar-refractivity contribution in [2.45, 2.75) is 26.2 Å². The van der Waals surface area contributed by atoms with Crippen LogP contribution in [0.15, 0.2) is 65.7 Å². The first-order valence-corrected chi connectivity index (χ1v) is 16.1. The summed E-state index contributed by atoms with van der Waals surface area (Å²) in [6, 6.07) is 17.3. The molecule has 2 aliphatic rings. The number of piperidine rings is 1. The smallest absolute Gasteiger partial charge is 0.321 e. The molecule has 1 aliphatic heterocycles. The predicted molar refractivity (Wildman–Crippen MR) is 175 cm³/mol. The van der Waals surface area contributed by atoms with Crippen molar-refractivity contribution >= 4 is 44.9 Å². The third kappa shape index (κ3) is 7.74. The molecule has 11 nitrogen and oxygen atoms in total. The minimum Gasteiger partial charge on any atom is -0.424 e. The number of hydrogen-bond acceptors (Lipinski definition) is 9. The summed E-state index contributed by atoms with van der Waals surface area (Å²) < 4.78 is 15.1. The van der Waals surface area contributed by atoms with Gasteiger partial charge >= 0.3 is 12.0 Å². The number of benzene rings is 2. The van der Waals surface area contributed by atoms with Crippen LogP contribution in [0.25, 0.3) is 0 Å². The highest BCUT2D eigenvalue weighted by molar-refractivity contribution is 9.10. The Labute approximate surface area is 279 Å². The summed E-state index contributed by atoms with van der Waals surface area (Å²) >= 11 is 14.9. The molecule has 0 radical (unpaired) electrons. The normalized spacial score (nSPS) is 18.8. The minimum atomic E-state index is 0.421. The number of ether oxygens (including phenoxy) is 2. The van der Waals surface area contributed by atoms with Crippen molar-refractivity contribution in [1.82, 2.24) is 39.5 Å². The van der Waals surface area contributed by atoms with Gasteiger partial charge in [-0.15, -0.1) is 5.10 Å². The van der Waals surface area contributed by atoms with E-state index in [9.17, 15) is 0 Å². The molecule has 2 aromatic carbocycles. The van der Waals surface area contributed by atoms with E-state index in [1.807, 2.05) is 26.1 Å². The first kappa shape index (κ1) is 31.3. The predicted octanol–water partition coefficient (Wildman–Crippen LogP) is 7.09. The minimum absolute atomic E-state index is 0.421. The molecule has 1 unspecified atom stereocenters. The van der Waals surface area contributed by atoms with Crippen LogP contribution in [-0.2, 0) is 20.5 Å². The van der Waals surface area contributed by atoms with E-state index in [0.29, 0.717) is 56.1 Å². The second kappa shape index (κ2) is 13.7. The zero-order valence-corrected chi connectivity index (χ0v) is 28.1. The van der Waals surface area contributed by atoms with Crippen molar-refractivity contribution in [1.29, 1.82) is 0 Å². The second-order valence-electron chi connectivity index (χ2n) is 11.2. The number of aromatic nitrogens is 8. The Morgan fingerprint density at radius 1 is 0.800 bits per heavy atom. The average Bonchev–Trinajstić information content (AvgIpc) is 3.60. The molecule has 1 saturated heterocycles. The van der Waals surface area contributed by atoms with Gasteiger partial charge in [0.1, 0.15) is 23.6 Å². The fourth-order valence-corrected chi connectivity index (χ4v) is 6.56. The van der Waals surface area contributed by atoms with Crippen LogP contribution in [0, 0.1) is 24.7 Å². The molecule has 3 aromatic heterocycles. The summed E-state index contributed by atoms with van der Waals surface area (Å²) in [6.07, 6.45) is 5.08. The fraction of sp³-hybridized carbons (Fsp3) is 0.355. The molecule has 2 bridgehead atoms. The van der Waals surface area contributed by atoms with Crippen molar-refractivity contribution in [3.63, 3.8) is 0 Å². The van der Waals surface area contributed by atoms with Crippen LogP contribution in [0.4, 0.5) is 5.82 Å². The fourth-order valence-electron chi connectivity index (χ4n) is 5.92. The van der Waals surface area contributed by atoms with Crippen molar-refractivity contribution in [2.75, 3.05) is 18.0 Å². The maximum atomic E-state index is 5.95. The number of fused-ring (bicyclic) bond motifs is 2. The monoisotopic (exact) mass is 711 g/mol. The van der Waals surface area contributed by atoms with Crippen LogP contribution in [-0.4, -0.2) is 52.6 Å². The third-order valence-electron chi connectivity index (χ3n) is 8.07. The van der Waals surface area contributed by atoms with Gasteiger partial charge in [-0.2, -0.15) is 15.1 Å². The lowest BCUT2D eigenvalue weighted by molar-refractivity contribution is 0.264. The van der Waals surface area contributed by atoms with E-state index in [-0.39, 0.29) is 0 Å². The molecule has 4 heterocycles. The first-order valence-electron chi connectivity index (χ1n) is 14.6. The molecule has 7 rings (SSSR count). The topological polar surface area (TPSA) is 109 Å². The van der Waals surface area contributed by atoms with Gasteiger partial charge in [-0.05, 0) is 102 Å². The lowest BCUT2D eigenvalue weighted by Gasteiger charge is -2.38. The maximum absolute atomic E-state index is 5.95. The number of aryl methyl sites for hydroxylation is 3. The van der Waals surface area contributed by atoms with E-state index in [2.05, 4.69) is 57.0 Å². The van der Waals surface area contributed by atoms with Crippen LogP contribution in [0.3, 0.4) is 0 Å². The van der Waals surface area contributed by atoms with Gasteiger partial charge in [-0.25, -0.2) is 19.3 Å². The van der Waals surface area contributed by atoms with Crippen molar-refractivity contribution in [3.05, 3.63) is 87.2 Å². The molecule has 45 heavy (non-hydrogen) atoms. The van der Waals surface area contributed by atoms with Crippen LogP contribution < -0.4 is 14.4 Å². The van der Waals surface area contributed by atoms with E-state index in [0.717, 1.165) is 36.8 Å². The van der Waals surface area contributed by atoms with Crippen LogP contribution in [0.5, 0.6) is 23.5 Å². The maximum Gasteiger partial charge on any atom is 0.321 e. The Morgan fingerprint density at radius 3 is 1.89 bits per heavy atom. The number of rotatable bonds is 7. The molecule has 2 fully saturated rings. The molecular formula is C31H32BrCl2N9O2. The molecule has 5 aromatic rings. The molecule has 0 spiro atoms. The molecule has 1 saturated carbocycles. The van der Waals surface area contributed by atoms with Gasteiger partial charge < -0.3 is 14.4 Å². The number of halogens is 3. The van der Waals surface area contributed by atoms with Crippen LogP contribution in [0.2, 0.25) is 10.0 Å². The Bertz CT molecular complexity index is 1730. The number of hydrogen-bond donors (Lipinski definition) is 0. The van der Waals surface area contributed by atoms with Gasteiger partial charge in [-0.3, -0.25) is 0 Å². The number of nitrogens with zero attached hydrogens (tertiary/aromatic N) is 9. The third-order valence-corrected chi connectivity index (χ3v) is 8.91. The molecule has 0 N–H and O–H groups in total. The Hall–Kier alpha value is -3.74. The molecule has 234 valence electrons. The summed E-state index contributed by atoms with van der Waals surface area (Å²) in [5.74, 6) is 5.17. The standard InChI is InChI=1S/C22H25ClN6O.C9H7BrClN3O/c1-14-9-21(25-13-24-14)29-11-15-3-4-16(12-29)19(15)10-20-26-22(28(2)27-20)30-18-7-5-17(23)6-8-18;1-14-9(12-8(10)13-14)15-7-4-2-6(11)3-5-7/h5-9,13,15-16,19H,3-4,10-12H2,1-2H3;2-5H,1H3/t15-,16+,19?;. The summed E-state index contributed by atoms with van der Waals surface area (Å²) in [6.45, 7) is 4.10. The Kier molecular flexibility index (Phi) is 9.53. The molecule has 0 amide bonds. The van der Waals surface area contributed by atoms with E-state index >= 15 is 0 Å². The van der Waals surface area contributed by atoms with E-state index in [1.54, 1.807) is 59.1 Å². The van der Waals surface area contributed by atoms with Gasteiger partial charge in [0.2, 0.25) is 4.73 Å². The molecular weight excluding hydrogens is 681 g/mol. The van der Waals surface area contributed by atoms with Gasteiger partial charge in [0.15, 0.2) is 5.82 Å². The van der Waals surface area contributed by atoms with E-state index < -0.39 is 0 Å². The number of anilines is 1. The van der Waals surface area contributed by atoms with Crippen molar-refractivity contribution < 1.29 is 9.47 Å². The Balaban J connectivity index is 0.000000200. The summed E-state index contributed by atoms with van der Waals surface area (Å²) in [4.78, 5) is 19.9. The molecule has 1 aliphatic carbocycles. The average molecular weight is 713 g/mol. The zero-order valence-electron chi connectivity index (χ0n) is 25.0. The largest absolute Gasteiger partial charge is 0.424 e. The summed E-state index contributed by atoms with van der Waals surface area (Å²) in [5.41, 5.74) is 1.01. The van der Waals surface area contributed by atoms with Gasteiger partial charge in [-0.1, -0.05) is 23.2 Å². The SMILES string of the molecule is Cc1cc(N2C[C@H]3CC[C@@H](C2)C3Cc2nc(Oc3ccc(Cl)cc3)n(C)n2)ncn1.Cn1nc(Br)nc1Oc1ccc(Cl)cc1. The van der Waals surface area contributed by atoms with Gasteiger partial charge in [0, 0.05) is 55.4 Å². The summed E-state index contributed by atoms with van der Waals surface area (Å²) in [7, 11) is 3.62. The van der Waals surface area contributed by atoms with Crippen LogP contribution in [0.1, 0.15) is 24.4 Å². The summed E-state index contributed by atoms with van der Waals surface area (Å²) in [5, 5.41) is 9.97. The Morgan fingerprint density at radius 2 is 1.36 bits per heavy atom. The quantitative estimate of drug-likeness (QED) is 0.175. The van der Waals surface area contributed by atoms with Gasteiger partial charge in [0.05, 0.1) is 0 Å². The van der Waals surface area contributed by atoms with E-state index in [1.165, 1.54) is 12.8 Å².